The number of halogens is 1. The van der Waals surface area contributed by atoms with Gasteiger partial charge in [-0.25, -0.2) is 0 Å². The summed E-state index contributed by atoms with van der Waals surface area (Å²) < 4.78 is 0.508. The highest BCUT2D eigenvalue weighted by Gasteiger charge is 2.14. The maximum Gasteiger partial charge on any atom is 0.283 e. The molecule has 0 aliphatic heterocycles. The first-order chi connectivity index (χ1) is 9.88. The summed E-state index contributed by atoms with van der Waals surface area (Å²) in [6.45, 7) is 6.94. The molecule has 0 aliphatic carbocycles. The van der Waals surface area contributed by atoms with Crippen LogP contribution in [0.3, 0.4) is 0 Å². The Morgan fingerprint density at radius 1 is 1.38 bits per heavy atom. The number of rotatable bonds is 5. The van der Waals surface area contributed by atoms with Crippen LogP contribution in [-0.4, -0.2) is 4.92 Å². The first-order valence-electron chi connectivity index (χ1n) is 6.61. The van der Waals surface area contributed by atoms with E-state index in [1.165, 1.54) is 15.3 Å². The van der Waals surface area contributed by atoms with E-state index < -0.39 is 0 Å². The largest absolute Gasteiger partial charge is 0.306 e. The molecule has 1 atom stereocenters. The summed E-state index contributed by atoms with van der Waals surface area (Å²) in [6, 6.07) is 7.64. The Morgan fingerprint density at radius 2 is 2.10 bits per heavy atom. The summed E-state index contributed by atoms with van der Waals surface area (Å²) in [7, 11) is 0. The number of hydrogen-bond acceptors (Lipinski definition) is 4. The molecule has 0 spiro atoms. The van der Waals surface area contributed by atoms with Gasteiger partial charge in [0.05, 0.1) is 9.40 Å². The second-order valence-electron chi connectivity index (χ2n) is 5.01. The number of nitrogens with zero attached hydrogens (tertiary/aromatic N) is 1. The Kier molecular flexibility index (Phi) is 5.13. The SMILES string of the molecule is Cc1cc(C(C)NCc2ccc(Br)c([N+](=O)[O-])c2)c(C)s1. The van der Waals surface area contributed by atoms with E-state index in [0.29, 0.717) is 11.0 Å². The quantitative estimate of drug-likeness (QED) is 0.603. The highest BCUT2D eigenvalue weighted by Crippen LogP contribution is 2.28. The van der Waals surface area contributed by atoms with Crippen molar-refractivity contribution in [3.63, 3.8) is 0 Å². The van der Waals surface area contributed by atoms with E-state index in [0.717, 1.165) is 5.56 Å². The van der Waals surface area contributed by atoms with Crippen LogP contribution in [0.1, 0.15) is 33.8 Å². The number of thiophene rings is 1. The van der Waals surface area contributed by atoms with Crippen molar-refractivity contribution in [1.29, 1.82) is 0 Å². The van der Waals surface area contributed by atoms with Gasteiger partial charge in [-0.2, -0.15) is 0 Å². The van der Waals surface area contributed by atoms with Crippen molar-refractivity contribution in [3.8, 4) is 0 Å². The van der Waals surface area contributed by atoms with Crippen molar-refractivity contribution in [2.45, 2.75) is 33.4 Å². The molecule has 0 saturated carbocycles. The number of nitro benzene ring substituents is 1. The van der Waals surface area contributed by atoms with E-state index in [-0.39, 0.29) is 16.7 Å². The van der Waals surface area contributed by atoms with Crippen LogP contribution in [0.25, 0.3) is 0 Å². The van der Waals surface area contributed by atoms with E-state index in [2.05, 4.69) is 48.1 Å². The van der Waals surface area contributed by atoms with E-state index in [4.69, 9.17) is 0 Å². The van der Waals surface area contributed by atoms with Gasteiger partial charge in [0.15, 0.2) is 0 Å². The lowest BCUT2D eigenvalue weighted by atomic mass is 10.1. The molecule has 0 radical (unpaired) electrons. The maximum absolute atomic E-state index is 10.9. The summed E-state index contributed by atoms with van der Waals surface area (Å²) in [5.41, 5.74) is 2.30. The van der Waals surface area contributed by atoms with Gasteiger partial charge < -0.3 is 5.32 Å². The van der Waals surface area contributed by atoms with E-state index in [1.807, 2.05) is 6.07 Å². The van der Waals surface area contributed by atoms with Gasteiger partial charge in [0.2, 0.25) is 0 Å². The molecule has 21 heavy (non-hydrogen) atoms. The number of hydrogen-bond donors (Lipinski definition) is 1. The third kappa shape index (κ3) is 3.90. The Labute approximate surface area is 136 Å². The van der Waals surface area contributed by atoms with Gasteiger partial charge in [-0.05, 0) is 60.0 Å². The molecule has 1 heterocycles. The number of nitrogens with one attached hydrogen (secondary N) is 1. The molecule has 2 aromatic rings. The van der Waals surface area contributed by atoms with Gasteiger partial charge in [0.25, 0.3) is 5.69 Å². The minimum Gasteiger partial charge on any atom is -0.306 e. The summed E-state index contributed by atoms with van der Waals surface area (Å²) >= 11 is 4.99. The van der Waals surface area contributed by atoms with Crippen molar-refractivity contribution in [2.24, 2.45) is 0 Å². The minimum absolute atomic E-state index is 0.101. The van der Waals surface area contributed by atoms with Gasteiger partial charge >= 0.3 is 0 Å². The first-order valence-corrected chi connectivity index (χ1v) is 8.22. The Morgan fingerprint density at radius 3 is 2.67 bits per heavy atom. The van der Waals surface area contributed by atoms with Gasteiger partial charge in [-0.15, -0.1) is 11.3 Å². The van der Waals surface area contributed by atoms with Crippen molar-refractivity contribution in [3.05, 3.63) is 59.7 Å². The summed E-state index contributed by atoms with van der Waals surface area (Å²) in [5.74, 6) is 0. The van der Waals surface area contributed by atoms with Crippen molar-refractivity contribution in [2.75, 3.05) is 0 Å². The molecule has 2 rings (SSSR count). The minimum atomic E-state index is -0.372. The zero-order valence-corrected chi connectivity index (χ0v) is 14.5. The van der Waals surface area contributed by atoms with Gasteiger partial charge in [-0.1, -0.05) is 6.07 Å². The standard InChI is InChI=1S/C15H17BrN2O2S/c1-9-6-13(11(3)21-9)10(2)17-8-12-4-5-14(16)15(7-12)18(19)20/h4-7,10,17H,8H2,1-3H3. The molecule has 112 valence electrons. The lowest BCUT2D eigenvalue weighted by Gasteiger charge is -2.14. The van der Waals surface area contributed by atoms with Crippen LogP contribution in [0.15, 0.2) is 28.7 Å². The maximum atomic E-state index is 10.9. The lowest BCUT2D eigenvalue weighted by molar-refractivity contribution is -0.385. The zero-order chi connectivity index (χ0) is 15.6. The molecular weight excluding hydrogens is 352 g/mol. The molecule has 1 aromatic heterocycles. The Hall–Kier alpha value is -1.24. The number of benzene rings is 1. The third-order valence-corrected chi connectivity index (χ3v) is 5.02. The molecule has 0 bridgehead atoms. The van der Waals surface area contributed by atoms with Crippen molar-refractivity contribution in [1.82, 2.24) is 5.32 Å². The molecule has 1 aromatic carbocycles. The van der Waals surface area contributed by atoms with Crippen molar-refractivity contribution >= 4 is 33.0 Å². The van der Waals surface area contributed by atoms with Crippen LogP contribution in [0.5, 0.6) is 0 Å². The first kappa shape index (κ1) is 16.1. The van der Waals surface area contributed by atoms with E-state index >= 15 is 0 Å². The van der Waals surface area contributed by atoms with Crippen LogP contribution in [-0.2, 0) is 6.54 Å². The monoisotopic (exact) mass is 368 g/mol. The number of aryl methyl sites for hydroxylation is 2. The molecule has 0 saturated heterocycles. The third-order valence-electron chi connectivity index (χ3n) is 3.37. The average Bonchev–Trinajstić information content (AvgIpc) is 2.76. The van der Waals surface area contributed by atoms with Gasteiger partial charge in [0.1, 0.15) is 0 Å². The molecule has 4 nitrogen and oxygen atoms in total. The molecule has 1 unspecified atom stereocenters. The molecule has 0 amide bonds. The van der Waals surface area contributed by atoms with E-state index in [1.54, 1.807) is 23.5 Å². The van der Waals surface area contributed by atoms with Crippen LogP contribution < -0.4 is 5.32 Å². The summed E-state index contributed by atoms with van der Waals surface area (Å²) in [5, 5.41) is 14.4. The van der Waals surface area contributed by atoms with Crippen molar-refractivity contribution < 1.29 is 4.92 Å². The fourth-order valence-corrected chi connectivity index (χ4v) is 3.68. The fraction of sp³-hybridized carbons (Fsp3) is 0.333. The summed E-state index contributed by atoms with van der Waals surface area (Å²) in [6.07, 6.45) is 0. The molecule has 1 N–H and O–H groups in total. The zero-order valence-electron chi connectivity index (χ0n) is 12.1. The predicted molar refractivity (Wildman–Crippen MR) is 89.8 cm³/mol. The normalized spacial score (nSPS) is 12.4. The van der Waals surface area contributed by atoms with Gasteiger partial charge in [0, 0.05) is 28.4 Å². The predicted octanol–water partition coefficient (Wildman–Crippen LogP) is 4.89. The Bertz CT molecular complexity index is 670. The van der Waals surface area contributed by atoms with Crippen LogP contribution in [0.2, 0.25) is 0 Å². The van der Waals surface area contributed by atoms with Crippen LogP contribution in [0.4, 0.5) is 5.69 Å². The molecular formula is C15H17BrN2O2S. The molecule has 0 fully saturated rings. The van der Waals surface area contributed by atoms with Crippen LogP contribution in [0, 0.1) is 24.0 Å². The highest BCUT2D eigenvalue weighted by atomic mass is 79.9. The number of nitro groups is 1. The average molecular weight is 369 g/mol. The smallest absolute Gasteiger partial charge is 0.283 e. The lowest BCUT2D eigenvalue weighted by Crippen LogP contribution is -2.18. The van der Waals surface area contributed by atoms with E-state index in [9.17, 15) is 10.1 Å². The highest BCUT2D eigenvalue weighted by molar-refractivity contribution is 9.10. The molecule has 0 aliphatic rings. The van der Waals surface area contributed by atoms with Crippen LogP contribution >= 0.6 is 27.3 Å². The molecule has 6 heteroatoms. The topological polar surface area (TPSA) is 55.2 Å². The Balaban J connectivity index is 2.08. The fourth-order valence-electron chi connectivity index (χ4n) is 2.27. The summed E-state index contributed by atoms with van der Waals surface area (Å²) in [4.78, 5) is 13.2. The second-order valence-corrected chi connectivity index (χ2v) is 7.33. The second kappa shape index (κ2) is 6.68. The van der Waals surface area contributed by atoms with Gasteiger partial charge in [-0.3, -0.25) is 10.1 Å².